The average Bonchev–Trinajstić information content (AvgIpc) is 2.25. The highest BCUT2D eigenvalue weighted by Crippen LogP contribution is 2.46. The molecule has 1 heterocycles. The second kappa shape index (κ2) is 5.18. The van der Waals surface area contributed by atoms with E-state index in [1.165, 1.54) is 6.92 Å². The van der Waals surface area contributed by atoms with Crippen molar-refractivity contribution in [3.8, 4) is 0 Å². The minimum atomic E-state index is -3.34. The molecule has 1 unspecified atom stereocenters. The van der Waals surface area contributed by atoms with Gasteiger partial charge < -0.3 is 14.7 Å². The van der Waals surface area contributed by atoms with Gasteiger partial charge in [0.15, 0.2) is 0 Å². The molecule has 0 radical (unpaired) electrons. The van der Waals surface area contributed by atoms with Crippen LogP contribution in [0.15, 0.2) is 0 Å². The van der Waals surface area contributed by atoms with Gasteiger partial charge in [-0.1, -0.05) is 6.92 Å². The number of carboxylic acids is 1. The van der Waals surface area contributed by atoms with Crippen molar-refractivity contribution in [2.24, 2.45) is 5.41 Å². The number of likely N-dealkylation sites (tertiary alicyclic amines) is 1. The fourth-order valence-corrected chi connectivity index (χ4v) is 2.26. The molecule has 1 aliphatic rings. The van der Waals surface area contributed by atoms with E-state index >= 15 is 0 Å². The second-order valence-corrected chi connectivity index (χ2v) is 6.10. The first kappa shape index (κ1) is 16.7. The average molecular weight is 293 g/mol. The molecule has 0 spiro atoms. The highest BCUT2D eigenvalue weighted by atomic mass is 19.3. The van der Waals surface area contributed by atoms with Crippen LogP contribution in [0.1, 0.15) is 40.5 Å². The van der Waals surface area contributed by atoms with Gasteiger partial charge in [-0.05, 0) is 27.2 Å². The van der Waals surface area contributed by atoms with Crippen LogP contribution in [0.5, 0.6) is 0 Å². The Balaban J connectivity index is 2.97. The van der Waals surface area contributed by atoms with Crippen LogP contribution in [0.2, 0.25) is 0 Å². The number of aliphatic carboxylic acids is 1. The van der Waals surface area contributed by atoms with Crippen molar-refractivity contribution in [2.45, 2.75) is 52.1 Å². The van der Waals surface area contributed by atoms with Gasteiger partial charge in [-0.2, -0.15) is 0 Å². The Bertz CT molecular complexity index is 406. The number of carboxylic acid groups (broad SMARTS) is 1. The molecule has 0 saturated carbocycles. The van der Waals surface area contributed by atoms with Crippen LogP contribution >= 0.6 is 0 Å². The van der Waals surface area contributed by atoms with Gasteiger partial charge in [-0.3, -0.25) is 4.79 Å². The summed E-state index contributed by atoms with van der Waals surface area (Å²) in [6.45, 7) is 5.62. The van der Waals surface area contributed by atoms with Crippen molar-refractivity contribution in [2.75, 3.05) is 13.1 Å². The molecule has 1 fully saturated rings. The summed E-state index contributed by atoms with van der Waals surface area (Å²) in [4.78, 5) is 24.3. The smallest absolute Gasteiger partial charge is 0.410 e. The van der Waals surface area contributed by atoms with Crippen LogP contribution < -0.4 is 0 Å². The molecule has 1 aliphatic heterocycles. The zero-order valence-corrected chi connectivity index (χ0v) is 12.2. The molecular formula is C13H21F2NO4. The molecule has 1 atom stereocenters. The normalized spacial score (nSPS) is 26.2. The Labute approximate surface area is 116 Å². The zero-order chi connectivity index (χ0) is 15.8. The van der Waals surface area contributed by atoms with Crippen LogP contribution in [0, 0.1) is 5.41 Å². The number of alkyl halides is 2. The summed E-state index contributed by atoms with van der Waals surface area (Å²) >= 11 is 0. The number of nitrogens with zero attached hydrogens (tertiary/aromatic N) is 1. The van der Waals surface area contributed by atoms with E-state index in [-0.39, 0.29) is 13.0 Å². The van der Waals surface area contributed by atoms with E-state index in [1.54, 1.807) is 20.8 Å². The molecule has 1 amide bonds. The van der Waals surface area contributed by atoms with Crippen molar-refractivity contribution >= 4 is 12.1 Å². The topological polar surface area (TPSA) is 66.8 Å². The maximum atomic E-state index is 14.0. The van der Waals surface area contributed by atoms with E-state index in [1.807, 2.05) is 0 Å². The predicted octanol–water partition coefficient (Wildman–Crippen LogP) is 2.74. The maximum absolute atomic E-state index is 14.0. The van der Waals surface area contributed by atoms with Gasteiger partial charge in [-0.25, -0.2) is 13.6 Å². The minimum absolute atomic E-state index is 0.211. The molecule has 1 N–H and O–H groups in total. The lowest BCUT2D eigenvalue weighted by Gasteiger charge is -2.44. The van der Waals surface area contributed by atoms with E-state index in [0.717, 1.165) is 4.90 Å². The predicted molar refractivity (Wildman–Crippen MR) is 67.7 cm³/mol. The van der Waals surface area contributed by atoms with Crippen molar-refractivity contribution in [1.82, 2.24) is 4.90 Å². The van der Waals surface area contributed by atoms with Gasteiger partial charge in [0.1, 0.15) is 11.0 Å². The summed E-state index contributed by atoms with van der Waals surface area (Å²) in [5.41, 5.74) is -3.00. The first-order valence-electron chi connectivity index (χ1n) is 6.54. The lowest BCUT2D eigenvalue weighted by atomic mass is 9.74. The van der Waals surface area contributed by atoms with Crippen molar-refractivity contribution in [1.29, 1.82) is 0 Å². The molecule has 0 aliphatic carbocycles. The van der Waals surface area contributed by atoms with Gasteiger partial charge in [0.2, 0.25) is 0 Å². The highest BCUT2D eigenvalue weighted by Gasteiger charge is 2.61. The Hall–Kier alpha value is -1.40. The monoisotopic (exact) mass is 293 g/mol. The van der Waals surface area contributed by atoms with Crippen LogP contribution in [0.25, 0.3) is 0 Å². The third-order valence-corrected chi connectivity index (χ3v) is 3.52. The number of piperidine rings is 1. The number of hydrogen-bond acceptors (Lipinski definition) is 3. The Morgan fingerprint density at radius 2 is 1.90 bits per heavy atom. The first-order chi connectivity index (χ1) is 8.95. The van der Waals surface area contributed by atoms with Gasteiger partial charge in [0.05, 0.1) is 0 Å². The van der Waals surface area contributed by atoms with E-state index < -0.39 is 42.0 Å². The molecule has 1 saturated heterocycles. The van der Waals surface area contributed by atoms with E-state index in [2.05, 4.69) is 0 Å². The first-order valence-corrected chi connectivity index (χ1v) is 6.54. The lowest BCUT2D eigenvalue weighted by molar-refractivity contribution is -0.196. The van der Waals surface area contributed by atoms with Crippen molar-refractivity contribution in [3.05, 3.63) is 0 Å². The molecule has 0 aromatic heterocycles. The standard InChI is InChI=1S/C13H21F2NO4/c1-5-12(9(17)18)8-16(7-6-13(12,14)15)10(19)20-11(2,3)4/h5-8H2,1-4H3,(H,17,18). The molecule has 0 aromatic carbocycles. The van der Waals surface area contributed by atoms with Crippen LogP contribution in [-0.4, -0.2) is 46.7 Å². The molecule has 7 heteroatoms. The summed E-state index contributed by atoms with van der Waals surface area (Å²) in [5.74, 6) is -4.93. The Kier molecular flexibility index (Phi) is 4.31. The number of rotatable bonds is 2. The summed E-state index contributed by atoms with van der Waals surface area (Å²) in [6.07, 6.45) is -1.69. The van der Waals surface area contributed by atoms with Gasteiger partial charge in [0.25, 0.3) is 5.92 Å². The van der Waals surface area contributed by atoms with Crippen molar-refractivity contribution < 1.29 is 28.2 Å². The largest absolute Gasteiger partial charge is 0.481 e. The van der Waals surface area contributed by atoms with E-state index in [0.29, 0.717) is 0 Å². The Morgan fingerprint density at radius 3 is 2.30 bits per heavy atom. The molecule has 20 heavy (non-hydrogen) atoms. The summed E-state index contributed by atoms with van der Waals surface area (Å²) in [7, 11) is 0. The molecule has 5 nitrogen and oxygen atoms in total. The zero-order valence-electron chi connectivity index (χ0n) is 12.2. The summed E-state index contributed by atoms with van der Waals surface area (Å²) in [6, 6.07) is 0. The second-order valence-electron chi connectivity index (χ2n) is 6.10. The Morgan fingerprint density at radius 1 is 1.35 bits per heavy atom. The van der Waals surface area contributed by atoms with Gasteiger partial charge >= 0.3 is 12.1 Å². The number of ether oxygens (including phenoxy) is 1. The summed E-state index contributed by atoms with van der Waals surface area (Å²) < 4.78 is 33.1. The number of carbonyl (C=O) groups is 2. The SMILES string of the molecule is CCC1(C(=O)O)CN(C(=O)OC(C)(C)C)CCC1(F)F. The maximum Gasteiger partial charge on any atom is 0.410 e. The highest BCUT2D eigenvalue weighted by molar-refractivity contribution is 5.78. The fraction of sp³-hybridized carbons (Fsp3) is 0.846. The molecule has 1 rings (SSSR count). The lowest BCUT2D eigenvalue weighted by Crippen LogP contribution is -2.60. The van der Waals surface area contributed by atoms with Crippen LogP contribution in [0.3, 0.4) is 0 Å². The van der Waals surface area contributed by atoms with Crippen LogP contribution in [0.4, 0.5) is 13.6 Å². The van der Waals surface area contributed by atoms with Gasteiger partial charge in [0, 0.05) is 19.5 Å². The van der Waals surface area contributed by atoms with E-state index in [9.17, 15) is 23.5 Å². The molecule has 0 bridgehead atoms. The number of amides is 1. The molecule has 0 aromatic rings. The quantitative estimate of drug-likeness (QED) is 0.850. The van der Waals surface area contributed by atoms with Crippen LogP contribution in [-0.2, 0) is 9.53 Å². The van der Waals surface area contributed by atoms with E-state index in [4.69, 9.17) is 4.74 Å². The summed E-state index contributed by atoms with van der Waals surface area (Å²) in [5, 5.41) is 9.20. The third-order valence-electron chi connectivity index (χ3n) is 3.52. The fourth-order valence-electron chi connectivity index (χ4n) is 2.26. The third kappa shape index (κ3) is 3.02. The van der Waals surface area contributed by atoms with Crippen molar-refractivity contribution in [3.63, 3.8) is 0 Å². The minimum Gasteiger partial charge on any atom is -0.481 e. The molecule has 116 valence electrons. The number of halogens is 2. The number of carbonyl (C=O) groups excluding carboxylic acids is 1. The molecular weight excluding hydrogens is 272 g/mol. The number of hydrogen-bond donors (Lipinski definition) is 1. The van der Waals surface area contributed by atoms with Gasteiger partial charge in [-0.15, -0.1) is 0 Å².